The molecule has 0 spiro atoms. The summed E-state index contributed by atoms with van der Waals surface area (Å²) in [6, 6.07) is 4.00. The van der Waals surface area contributed by atoms with E-state index in [4.69, 9.17) is 9.26 Å². The van der Waals surface area contributed by atoms with Gasteiger partial charge < -0.3 is 24.6 Å². The zero-order valence-corrected chi connectivity index (χ0v) is 17.1. The van der Waals surface area contributed by atoms with Crippen LogP contribution in [0.25, 0.3) is 11.3 Å². The number of carboxylic acid groups (broad SMARTS) is 1. The highest BCUT2D eigenvalue weighted by Gasteiger charge is 2.49. The van der Waals surface area contributed by atoms with Crippen molar-refractivity contribution in [3.63, 3.8) is 0 Å². The van der Waals surface area contributed by atoms with Gasteiger partial charge in [-0.05, 0) is 32.9 Å². The van der Waals surface area contributed by atoms with Gasteiger partial charge in [-0.1, -0.05) is 5.16 Å². The minimum atomic E-state index is -1.22. The van der Waals surface area contributed by atoms with Crippen molar-refractivity contribution in [3.8, 4) is 11.3 Å². The Hall–Kier alpha value is -3.50. The molecule has 1 saturated heterocycles. The van der Waals surface area contributed by atoms with E-state index in [0.29, 0.717) is 6.07 Å². The molecule has 2 amide bonds. The number of nitrogens with zero attached hydrogens (tertiary/aromatic N) is 2. The number of aromatic nitrogens is 1. The van der Waals surface area contributed by atoms with Gasteiger partial charge in [0.05, 0.1) is 17.5 Å². The lowest BCUT2D eigenvalue weighted by Gasteiger charge is -2.49. The number of ether oxygens (including phenoxy) is 1. The van der Waals surface area contributed by atoms with Gasteiger partial charge in [0, 0.05) is 25.2 Å². The van der Waals surface area contributed by atoms with E-state index in [0.717, 1.165) is 18.2 Å². The SMILES string of the molecule is CC(C)(C)OC(=O)N1CC(CC(=O)O)(NC(=O)c2cc(-c3ccc(F)cc3F)on2)C1. The van der Waals surface area contributed by atoms with Crippen LogP contribution in [-0.4, -0.2) is 57.4 Å². The van der Waals surface area contributed by atoms with E-state index < -0.39 is 47.2 Å². The maximum atomic E-state index is 13.9. The first-order valence-corrected chi connectivity index (χ1v) is 9.32. The smallest absolute Gasteiger partial charge is 0.410 e. The van der Waals surface area contributed by atoms with Crippen LogP contribution in [0.1, 0.15) is 37.7 Å². The summed E-state index contributed by atoms with van der Waals surface area (Å²) in [4.78, 5) is 37.3. The van der Waals surface area contributed by atoms with Gasteiger partial charge in [0.15, 0.2) is 11.5 Å². The van der Waals surface area contributed by atoms with Crippen LogP contribution < -0.4 is 5.32 Å². The highest BCUT2D eigenvalue weighted by atomic mass is 19.1. The van der Waals surface area contributed by atoms with Crippen LogP contribution in [0.15, 0.2) is 28.8 Å². The van der Waals surface area contributed by atoms with Gasteiger partial charge in [-0.2, -0.15) is 0 Å². The standard InChI is InChI=1S/C20H21F2N3O6/c1-19(2,3)30-18(29)25-9-20(10-25,8-16(26)27)23-17(28)14-7-15(31-24-14)12-5-4-11(21)6-13(12)22/h4-7H,8-10H2,1-3H3,(H,23,28)(H,26,27). The summed E-state index contributed by atoms with van der Waals surface area (Å²) in [5, 5.41) is 15.4. The second-order valence-corrected chi connectivity index (χ2v) is 8.34. The highest BCUT2D eigenvalue weighted by molar-refractivity contribution is 5.94. The number of aliphatic carboxylic acids is 1. The van der Waals surface area contributed by atoms with Crippen molar-refractivity contribution in [2.75, 3.05) is 13.1 Å². The predicted molar refractivity (Wildman–Crippen MR) is 102 cm³/mol. The Bertz CT molecular complexity index is 1020. The Balaban J connectivity index is 1.72. The Morgan fingerprint density at radius 3 is 2.52 bits per heavy atom. The summed E-state index contributed by atoms with van der Waals surface area (Å²) in [5.41, 5.74) is -2.26. The Labute approximate surface area is 175 Å². The van der Waals surface area contributed by atoms with Gasteiger partial charge in [-0.15, -0.1) is 0 Å². The molecular formula is C20H21F2N3O6. The monoisotopic (exact) mass is 437 g/mol. The summed E-state index contributed by atoms with van der Waals surface area (Å²) < 4.78 is 37.2. The van der Waals surface area contributed by atoms with Gasteiger partial charge in [0.1, 0.15) is 17.2 Å². The number of halogens is 2. The molecule has 3 rings (SSSR count). The third-order valence-corrected chi connectivity index (χ3v) is 4.45. The third-order valence-electron chi connectivity index (χ3n) is 4.45. The van der Waals surface area contributed by atoms with Gasteiger partial charge in [0.2, 0.25) is 0 Å². The molecule has 0 unspecified atom stereocenters. The molecule has 2 N–H and O–H groups in total. The van der Waals surface area contributed by atoms with E-state index in [1.807, 2.05) is 0 Å². The van der Waals surface area contributed by atoms with Crippen LogP contribution in [-0.2, 0) is 9.53 Å². The quantitative estimate of drug-likeness (QED) is 0.738. The average molecular weight is 437 g/mol. The minimum Gasteiger partial charge on any atom is -0.481 e. The maximum absolute atomic E-state index is 13.9. The maximum Gasteiger partial charge on any atom is 0.410 e. The zero-order valence-electron chi connectivity index (χ0n) is 17.1. The molecule has 11 heteroatoms. The molecule has 31 heavy (non-hydrogen) atoms. The second-order valence-electron chi connectivity index (χ2n) is 8.34. The molecule has 2 aromatic rings. The van der Waals surface area contributed by atoms with Crippen molar-refractivity contribution < 1.29 is 37.5 Å². The number of carboxylic acids is 1. The molecule has 1 aliphatic heterocycles. The fraction of sp³-hybridized carbons (Fsp3) is 0.400. The lowest BCUT2D eigenvalue weighted by atomic mass is 9.86. The number of carbonyl (C=O) groups is 3. The highest BCUT2D eigenvalue weighted by Crippen LogP contribution is 2.28. The summed E-state index contributed by atoms with van der Waals surface area (Å²) in [6.07, 6.45) is -1.06. The Morgan fingerprint density at radius 1 is 1.26 bits per heavy atom. The number of hydrogen-bond donors (Lipinski definition) is 2. The van der Waals surface area contributed by atoms with Crippen LogP contribution in [0.3, 0.4) is 0 Å². The van der Waals surface area contributed by atoms with Crippen molar-refractivity contribution >= 4 is 18.0 Å². The molecule has 1 fully saturated rings. The van der Waals surface area contributed by atoms with E-state index in [9.17, 15) is 28.3 Å². The molecule has 0 radical (unpaired) electrons. The molecule has 9 nitrogen and oxygen atoms in total. The lowest BCUT2D eigenvalue weighted by molar-refractivity contribution is -0.140. The zero-order chi connectivity index (χ0) is 23.0. The minimum absolute atomic E-state index is 0.0722. The van der Waals surface area contributed by atoms with E-state index in [1.165, 1.54) is 4.90 Å². The van der Waals surface area contributed by atoms with E-state index in [2.05, 4.69) is 10.5 Å². The Morgan fingerprint density at radius 2 is 1.94 bits per heavy atom. The molecule has 0 bridgehead atoms. The summed E-state index contributed by atoms with van der Waals surface area (Å²) in [6.45, 7) is 4.95. The van der Waals surface area contributed by atoms with Crippen LogP contribution in [0.5, 0.6) is 0 Å². The number of hydrogen-bond acceptors (Lipinski definition) is 6. The van der Waals surface area contributed by atoms with Gasteiger partial charge in [0.25, 0.3) is 5.91 Å². The topological polar surface area (TPSA) is 122 Å². The molecule has 0 saturated carbocycles. The van der Waals surface area contributed by atoms with Gasteiger partial charge in [-0.3, -0.25) is 9.59 Å². The Kier molecular flexibility index (Phi) is 5.70. The normalized spacial score (nSPS) is 15.2. The summed E-state index contributed by atoms with van der Waals surface area (Å²) >= 11 is 0. The molecule has 2 heterocycles. The predicted octanol–water partition coefficient (Wildman–Crippen LogP) is 2.81. The van der Waals surface area contributed by atoms with Crippen molar-refractivity contribution in [2.24, 2.45) is 0 Å². The molecule has 1 aromatic heterocycles. The largest absolute Gasteiger partial charge is 0.481 e. The number of likely N-dealkylation sites (tertiary alicyclic amines) is 1. The molecule has 0 aliphatic carbocycles. The fourth-order valence-electron chi connectivity index (χ4n) is 3.17. The fourth-order valence-corrected chi connectivity index (χ4v) is 3.17. The average Bonchev–Trinajstić information content (AvgIpc) is 3.06. The van der Waals surface area contributed by atoms with E-state index >= 15 is 0 Å². The van der Waals surface area contributed by atoms with Crippen molar-refractivity contribution in [1.82, 2.24) is 15.4 Å². The van der Waals surface area contributed by atoms with Crippen LogP contribution in [0.2, 0.25) is 0 Å². The molecule has 1 aliphatic rings. The first kappa shape index (κ1) is 22.2. The van der Waals surface area contributed by atoms with Crippen molar-refractivity contribution in [1.29, 1.82) is 0 Å². The number of amides is 2. The van der Waals surface area contributed by atoms with Crippen LogP contribution in [0, 0.1) is 11.6 Å². The number of nitrogens with one attached hydrogen (secondary N) is 1. The van der Waals surface area contributed by atoms with Crippen LogP contribution in [0.4, 0.5) is 13.6 Å². The number of benzene rings is 1. The number of carbonyl (C=O) groups excluding carboxylic acids is 2. The van der Waals surface area contributed by atoms with Gasteiger partial charge >= 0.3 is 12.1 Å². The van der Waals surface area contributed by atoms with Crippen molar-refractivity contribution in [3.05, 3.63) is 41.6 Å². The first-order valence-electron chi connectivity index (χ1n) is 9.32. The lowest BCUT2D eigenvalue weighted by Crippen LogP contribution is -2.72. The van der Waals surface area contributed by atoms with Crippen molar-refractivity contribution in [2.45, 2.75) is 38.3 Å². The third kappa shape index (κ3) is 5.16. The molecule has 0 atom stereocenters. The van der Waals surface area contributed by atoms with Gasteiger partial charge in [-0.25, -0.2) is 13.6 Å². The summed E-state index contributed by atoms with van der Waals surface area (Å²) in [7, 11) is 0. The van der Waals surface area contributed by atoms with E-state index in [-0.39, 0.29) is 30.1 Å². The molecular weight excluding hydrogens is 416 g/mol. The second kappa shape index (κ2) is 7.97. The van der Waals surface area contributed by atoms with Crippen LogP contribution >= 0.6 is 0 Å². The molecule has 1 aromatic carbocycles. The molecule has 166 valence electrons. The van der Waals surface area contributed by atoms with E-state index in [1.54, 1.807) is 20.8 Å². The summed E-state index contributed by atoms with van der Waals surface area (Å²) in [5.74, 6) is -3.69. The number of rotatable bonds is 5. The first-order chi connectivity index (χ1) is 14.4.